The van der Waals surface area contributed by atoms with Crippen molar-refractivity contribution in [3.8, 4) is 0 Å². The molecule has 1 aromatic carbocycles. The summed E-state index contributed by atoms with van der Waals surface area (Å²) >= 11 is 0. The highest BCUT2D eigenvalue weighted by Crippen LogP contribution is 2.32. The van der Waals surface area contributed by atoms with Crippen LogP contribution < -0.4 is 11.1 Å². The van der Waals surface area contributed by atoms with Gasteiger partial charge in [0.25, 0.3) is 0 Å². The van der Waals surface area contributed by atoms with Crippen molar-refractivity contribution in [3.05, 3.63) is 35.9 Å². The maximum atomic E-state index is 12.3. The van der Waals surface area contributed by atoms with E-state index in [1.165, 1.54) is 0 Å². The van der Waals surface area contributed by atoms with Crippen LogP contribution in [0.4, 0.5) is 0 Å². The Balaban J connectivity index is 2.10. The number of hydrogen-bond acceptors (Lipinski definition) is 3. The summed E-state index contributed by atoms with van der Waals surface area (Å²) in [5.74, 6) is -0.904. The maximum Gasteiger partial charge on any atom is 0.329 e. The van der Waals surface area contributed by atoms with Gasteiger partial charge in [-0.3, -0.25) is 4.79 Å². The second-order valence-electron chi connectivity index (χ2n) is 5.95. The number of amides is 1. The van der Waals surface area contributed by atoms with E-state index in [4.69, 9.17) is 5.73 Å². The minimum Gasteiger partial charge on any atom is -0.480 e. The van der Waals surface area contributed by atoms with Gasteiger partial charge in [-0.25, -0.2) is 4.79 Å². The van der Waals surface area contributed by atoms with Crippen LogP contribution in [0.15, 0.2) is 30.3 Å². The van der Waals surface area contributed by atoms with Gasteiger partial charge in [-0.1, -0.05) is 37.3 Å². The first-order valence-corrected chi connectivity index (χ1v) is 7.30. The Morgan fingerprint density at radius 2 is 1.86 bits per heavy atom. The predicted octanol–water partition coefficient (Wildman–Crippen LogP) is 1.84. The SMILES string of the molecule is CC1CCC(NC(=O)[C@@H](N)c2ccccc2)(C(=O)O)CC1. The van der Waals surface area contributed by atoms with Crippen LogP contribution in [0.1, 0.15) is 44.2 Å². The van der Waals surface area contributed by atoms with Crippen molar-refractivity contribution < 1.29 is 14.7 Å². The first-order valence-electron chi connectivity index (χ1n) is 7.30. The molecular formula is C16H22N2O3. The lowest BCUT2D eigenvalue weighted by molar-refractivity contribution is -0.150. The van der Waals surface area contributed by atoms with Crippen molar-refractivity contribution in [1.29, 1.82) is 0 Å². The van der Waals surface area contributed by atoms with Gasteiger partial charge >= 0.3 is 5.97 Å². The molecule has 5 nitrogen and oxygen atoms in total. The largest absolute Gasteiger partial charge is 0.480 e. The molecule has 0 unspecified atom stereocenters. The van der Waals surface area contributed by atoms with E-state index in [1.54, 1.807) is 24.3 Å². The first kappa shape index (κ1) is 15.5. The summed E-state index contributed by atoms with van der Waals surface area (Å²) < 4.78 is 0. The van der Waals surface area contributed by atoms with Crippen molar-refractivity contribution in [2.75, 3.05) is 0 Å². The number of carbonyl (C=O) groups excluding carboxylic acids is 1. The van der Waals surface area contributed by atoms with Gasteiger partial charge in [-0.05, 0) is 37.2 Å². The molecule has 5 heteroatoms. The highest BCUT2D eigenvalue weighted by atomic mass is 16.4. The molecule has 1 atom stereocenters. The number of aliphatic carboxylic acids is 1. The Labute approximate surface area is 124 Å². The molecule has 1 aromatic rings. The molecule has 1 fully saturated rings. The first-order chi connectivity index (χ1) is 9.94. The summed E-state index contributed by atoms with van der Waals surface area (Å²) in [5, 5.41) is 12.2. The zero-order valence-corrected chi connectivity index (χ0v) is 12.2. The van der Waals surface area contributed by atoms with Crippen LogP contribution in [0, 0.1) is 5.92 Å². The normalized spacial score (nSPS) is 26.9. The fraction of sp³-hybridized carbons (Fsp3) is 0.500. The van der Waals surface area contributed by atoms with E-state index in [0.29, 0.717) is 24.3 Å². The number of nitrogens with two attached hydrogens (primary N) is 1. The summed E-state index contributed by atoms with van der Waals surface area (Å²) in [6, 6.07) is 8.13. The fourth-order valence-electron chi connectivity index (χ4n) is 2.77. The van der Waals surface area contributed by atoms with Gasteiger partial charge in [0.2, 0.25) is 5.91 Å². The van der Waals surface area contributed by atoms with Gasteiger partial charge in [0.05, 0.1) is 0 Å². The Kier molecular flexibility index (Phi) is 4.63. The molecule has 0 radical (unpaired) electrons. The molecule has 0 saturated heterocycles. The summed E-state index contributed by atoms with van der Waals surface area (Å²) in [6.07, 6.45) is 2.51. The number of rotatable bonds is 4. The molecule has 1 amide bonds. The van der Waals surface area contributed by atoms with Crippen LogP contribution in [0.2, 0.25) is 0 Å². The van der Waals surface area contributed by atoms with E-state index in [-0.39, 0.29) is 0 Å². The van der Waals surface area contributed by atoms with Gasteiger partial charge in [-0.15, -0.1) is 0 Å². The quantitative estimate of drug-likeness (QED) is 0.789. The highest BCUT2D eigenvalue weighted by Gasteiger charge is 2.43. The Hall–Kier alpha value is -1.88. The Morgan fingerprint density at radius 3 is 2.38 bits per heavy atom. The molecule has 0 aliphatic heterocycles. The smallest absolute Gasteiger partial charge is 0.329 e. The van der Waals surface area contributed by atoms with Crippen molar-refractivity contribution in [1.82, 2.24) is 5.32 Å². The molecule has 1 saturated carbocycles. The second kappa shape index (κ2) is 6.26. The Bertz CT molecular complexity index is 508. The zero-order valence-electron chi connectivity index (χ0n) is 12.2. The molecule has 0 aromatic heterocycles. The Morgan fingerprint density at radius 1 is 1.29 bits per heavy atom. The van der Waals surface area contributed by atoms with Crippen molar-refractivity contribution in [3.63, 3.8) is 0 Å². The number of nitrogens with one attached hydrogen (secondary N) is 1. The predicted molar refractivity (Wildman–Crippen MR) is 79.5 cm³/mol. The lowest BCUT2D eigenvalue weighted by Crippen LogP contribution is -2.57. The van der Waals surface area contributed by atoms with E-state index in [0.717, 1.165) is 12.8 Å². The van der Waals surface area contributed by atoms with E-state index in [9.17, 15) is 14.7 Å². The second-order valence-corrected chi connectivity index (χ2v) is 5.95. The topological polar surface area (TPSA) is 92.4 Å². The third kappa shape index (κ3) is 3.42. The molecule has 4 N–H and O–H groups in total. The third-order valence-corrected chi connectivity index (χ3v) is 4.34. The lowest BCUT2D eigenvalue weighted by Gasteiger charge is -2.37. The zero-order chi connectivity index (χ0) is 15.5. The average Bonchev–Trinajstić information content (AvgIpc) is 2.49. The van der Waals surface area contributed by atoms with Crippen LogP contribution >= 0.6 is 0 Å². The highest BCUT2D eigenvalue weighted by molar-refractivity contribution is 5.90. The van der Waals surface area contributed by atoms with Crippen LogP contribution in [-0.4, -0.2) is 22.5 Å². The van der Waals surface area contributed by atoms with Gasteiger partial charge in [0.1, 0.15) is 11.6 Å². The number of carbonyl (C=O) groups is 2. The average molecular weight is 290 g/mol. The van der Waals surface area contributed by atoms with Gasteiger partial charge in [0, 0.05) is 0 Å². The van der Waals surface area contributed by atoms with Gasteiger partial charge in [-0.2, -0.15) is 0 Å². The summed E-state index contributed by atoms with van der Waals surface area (Å²) in [7, 11) is 0. The molecule has 21 heavy (non-hydrogen) atoms. The van der Waals surface area contributed by atoms with Crippen LogP contribution in [0.5, 0.6) is 0 Å². The standard InChI is InChI=1S/C16H22N2O3/c1-11-7-9-16(10-8-11,15(20)21)18-14(19)13(17)12-5-3-2-4-6-12/h2-6,11,13H,7-10,17H2,1H3,(H,18,19)(H,20,21)/t11?,13-,16?/m0/s1. The van der Waals surface area contributed by atoms with Crippen molar-refractivity contribution in [2.24, 2.45) is 11.7 Å². The van der Waals surface area contributed by atoms with Crippen LogP contribution in [-0.2, 0) is 9.59 Å². The minimum atomic E-state index is -1.17. The van der Waals surface area contributed by atoms with Crippen LogP contribution in [0.25, 0.3) is 0 Å². The number of carboxylic acids is 1. The summed E-state index contributed by atoms with van der Waals surface area (Å²) in [4.78, 5) is 23.9. The molecule has 0 bridgehead atoms. The summed E-state index contributed by atoms with van der Waals surface area (Å²) in [6.45, 7) is 2.10. The fourth-order valence-corrected chi connectivity index (χ4v) is 2.77. The maximum absolute atomic E-state index is 12.3. The molecule has 2 rings (SSSR count). The molecule has 114 valence electrons. The minimum absolute atomic E-state index is 0.432. The van der Waals surface area contributed by atoms with Crippen molar-refractivity contribution >= 4 is 11.9 Å². The van der Waals surface area contributed by atoms with Gasteiger partial charge < -0.3 is 16.2 Å². The molecule has 0 heterocycles. The van der Waals surface area contributed by atoms with E-state index >= 15 is 0 Å². The lowest BCUT2D eigenvalue weighted by atomic mass is 9.77. The van der Waals surface area contributed by atoms with E-state index in [2.05, 4.69) is 12.2 Å². The number of benzene rings is 1. The molecule has 1 aliphatic carbocycles. The molecule has 0 spiro atoms. The molecule has 1 aliphatic rings. The van der Waals surface area contributed by atoms with E-state index in [1.807, 2.05) is 6.07 Å². The molecular weight excluding hydrogens is 268 g/mol. The van der Waals surface area contributed by atoms with Crippen LogP contribution in [0.3, 0.4) is 0 Å². The van der Waals surface area contributed by atoms with Crippen molar-refractivity contribution in [2.45, 2.75) is 44.2 Å². The van der Waals surface area contributed by atoms with E-state index < -0.39 is 23.5 Å². The number of hydrogen-bond donors (Lipinski definition) is 3. The van der Waals surface area contributed by atoms with Gasteiger partial charge in [0.15, 0.2) is 0 Å². The number of carboxylic acid groups (broad SMARTS) is 1. The summed E-state index contributed by atoms with van der Waals surface area (Å²) in [5.41, 5.74) is 5.45. The third-order valence-electron chi connectivity index (χ3n) is 4.34. The monoisotopic (exact) mass is 290 g/mol.